The summed E-state index contributed by atoms with van der Waals surface area (Å²) in [6.45, 7) is 0.0143. The zero-order chi connectivity index (χ0) is 15.3. The van der Waals surface area contributed by atoms with E-state index in [1.54, 1.807) is 36.4 Å². The number of aromatic nitrogens is 1. The zero-order valence-corrected chi connectivity index (χ0v) is 12.6. The highest BCUT2D eigenvalue weighted by molar-refractivity contribution is 7.91. The van der Waals surface area contributed by atoms with E-state index in [-0.39, 0.29) is 23.2 Å². The second-order valence-electron chi connectivity index (χ2n) is 4.25. The first-order valence-corrected chi connectivity index (χ1v) is 8.19. The van der Waals surface area contributed by atoms with Crippen LogP contribution in [0.4, 0.5) is 0 Å². The van der Waals surface area contributed by atoms with E-state index in [0.717, 1.165) is 0 Å². The molecule has 0 unspecified atom stereocenters. The molecule has 1 aromatic heterocycles. The molecule has 110 valence electrons. The monoisotopic (exact) mass is 324 g/mol. The molecule has 0 fully saturated rings. The van der Waals surface area contributed by atoms with Gasteiger partial charge in [-0.1, -0.05) is 17.7 Å². The molecule has 0 aliphatic rings. The number of rotatable bonds is 5. The molecular weight excluding hydrogens is 312 g/mol. The average Bonchev–Trinajstić information content (AvgIpc) is 2.48. The van der Waals surface area contributed by atoms with Crippen molar-refractivity contribution in [2.75, 3.05) is 12.3 Å². The normalized spacial score (nSPS) is 11.1. The number of carbonyl (C=O) groups is 1. The molecule has 1 aromatic carbocycles. The van der Waals surface area contributed by atoms with Crippen LogP contribution in [0.25, 0.3) is 0 Å². The molecule has 0 saturated carbocycles. The summed E-state index contributed by atoms with van der Waals surface area (Å²) in [4.78, 5) is 15.6. The van der Waals surface area contributed by atoms with Gasteiger partial charge >= 0.3 is 0 Å². The molecule has 0 aliphatic carbocycles. The van der Waals surface area contributed by atoms with Crippen molar-refractivity contribution in [2.24, 2.45) is 0 Å². The van der Waals surface area contributed by atoms with Gasteiger partial charge in [-0.15, -0.1) is 0 Å². The summed E-state index contributed by atoms with van der Waals surface area (Å²) in [5, 5.41) is 3.09. The van der Waals surface area contributed by atoms with Crippen molar-refractivity contribution in [3.63, 3.8) is 0 Å². The van der Waals surface area contributed by atoms with Gasteiger partial charge < -0.3 is 5.32 Å². The van der Waals surface area contributed by atoms with E-state index in [0.29, 0.717) is 10.6 Å². The van der Waals surface area contributed by atoms with Gasteiger partial charge in [0.05, 0.1) is 5.75 Å². The molecule has 1 heterocycles. The molecule has 0 spiro atoms. The lowest BCUT2D eigenvalue weighted by molar-refractivity contribution is 0.0956. The second kappa shape index (κ2) is 6.69. The van der Waals surface area contributed by atoms with Crippen molar-refractivity contribution < 1.29 is 13.2 Å². The maximum absolute atomic E-state index is 12.0. The van der Waals surface area contributed by atoms with Crippen molar-refractivity contribution >= 4 is 27.3 Å². The highest BCUT2D eigenvalue weighted by Crippen LogP contribution is 2.09. The van der Waals surface area contributed by atoms with Gasteiger partial charge in [0.2, 0.25) is 0 Å². The molecule has 1 amide bonds. The Hall–Kier alpha value is -1.92. The van der Waals surface area contributed by atoms with Gasteiger partial charge in [0, 0.05) is 23.3 Å². The summed E-state index contributed by atoms with van der Waals surface area (Å²) in [7, 11) is -3.49. The van der Waals surface area contributed by atoms with Gasteiger partial charge in [-0.3, -0.25) is 4.79 Å². The quantitative estimate of drug-likeness (QED) is 0.912. The number of carbonyl (C=O) groups excluding carboxylic acids is 1. The van der Waals surface area contributed by atoms with E-state index in [1.165, 1.54) is 12.3 Å². The lowest BCUT2D eigenvalue weighted by atomic mass is 10.2. The Morgan fingerprint density at radius 3 is 2.48 bits per heavy atom. The standard InChI is InChI=1S/C14H13ClN2O3S/c15-12-6-4-11(5-7-12)14(18)17-9-10-21(19,20)13-3-1-2-8-16-13/h1-8H,9-10H2,(H,17,18). The van der Waals surface area contributed by atoms with Gasteiger partial charge in [-0.2, -0.15) is 0 Å². The van der Waals surface area contributed by atoms with Crippen molar-refractivity contribution in [3.8, 4) is 0 Å². The highest BCUT2D eigenvalue weighted by atomic mass is 35.5. The summed E-state index contributed by atoms with van der Waals surface area (Å²) >= 11 is 5.73. The molecule has 0 aliphatic heterocycles. The van der Waals surface area contributed by atoms with E-state index >= 15 is 0 Å². The summed E-state index contributed by atoms with van der Waals surface area (Å²) in [5.74, 6) is -0.550. The Morgan fingerprint density at radius 1 is 1.14 bits per heavy atom. The Morgan fingerprint density at radius 2 is 1.86 bits per heavy atom. The van der Waals surface area contributed by atoms with E-state index in [2.05, 4.69) is 10.3 Å². The minimum atomic E-state index is -3.49. The summed E-state index contributed by atoms with van der Waals surface area (Å²) < 4.78 is 23.9. The maximum atomic E-state index is 12.0. The summed E-state index contributed by atoms with van der Waals surface area (Å²) in [5.41, 5.74) is 0.426. The molecule has 1 N–H and O–H groups in total. The molecule has 21 heavy (non-hydrogen) atoms. The van der Waals surface area contributed by atoms with Gasteiger partial charge in [0.1, 0.15) is 0 Å². The Labute approximate surface area is 127 Å². The fourth-order valence-corrected chi connectivity index (χ4v) is 2.85. The smallest absolute Gasteiger partial charge is 0.251 e. The number of hydrogen-bond donors (Lipinski definition) is 1. The fraction of sp³-hybridized carbons (Fsp3) is 0.143. The van der Waals surface area contributed by atoms with Crippen molar-refractivity contribution in [1.82, 2.24) is 10.3 Å². The summed E-state index contributed by atoms with van der Waals surface area (Å²) in [6.07, 6.45) is 1.42. The first kappa shape index (κ1) is 15.5. The van der Waals surface area contributed by atoms with Gasteiger partial charge in [0.25, 0.3) is 5.91 Å². The third-order valence-electron chi connectivity index (χ3n) is 2.72. The molecule has 0 radical (unpaired) electrons. The molecule has 5 nitrogen and oxygen atoms in total. The third-order valence-corrected chi connectivity index (χ3v) is 4.59. The zero-order valence-electron chi connectivity index (χ0n) is 11.0. The van der Waals surface area contributed by atoms with Crippen LogP contribution in [0.3, 0.4) is 0 Å². The SMILES string of the molecule is O=C(NCCS(=O)(=O)c1ccccn1)c1ccc(Cl)cc1. The second-order valence-corrected chi connectivity index (χ2v) is 6.74. The number of amides is 1. The molecule has 0 saturated heterocycles. The number of nitrogens with one attached hydrogen (secondary N) is 1. The molecule has 7 heteroatoms. The van der Waals surface area contributed by atoms with E-state index in [9.17, 15) is 13.2 Å². The van der Waals surface area contributed by atoms with Crippen LogP contribution in [0.15, 0.2) is 53.7 Å². The molecule has 2 aromatic rings. The van der Waals surface area contributed by atoms with Crippen LogP contribution in [-0.2, 0) is 9.84 Å². The predicted molar refractivity (Wildman–Crippen MR) is 80.1 cm³/mol. The van der Waals surface area contributed by atoms with Crippen LogP contribution in [0.1, 0.15) is 10.4 Å². The largest absolute Gasteiger partial charge is 0.351 e. The predicted octanol–water partition coefficient (Wildman–Crippen LogP) is 1.94. The lowest BCUT2D eigenvalue weighted by Gasteiger charge is -2.06. The molecule has 2 rings (SSSR count). The van der Waals surface area contributed by atoms with Crippen LogP contribution < -0.4 is 5.32 Å². The van der Waals surface area contributed by atoms with Crippen LogP contribution in [-0.4, -0.2) is 31.6 Å². The maximum Gasteiger partial charge on any atom is 0.251 e. The van der Waals surface area contributed by atoms with Crippen LogP contribution >= 0.6 is 11.6 Å². The van der Waals surface area contributed by atoms with E-state index < -0.39 is 9.84 Å². The average molecular weight is 325 g/mol. The van der Waals surface area contributed by atoms with Crippen LogP contribution in [0.2, 0.25) is 5.02 Å². The number of nitrogens with zero attached hydrogens (tertiary/aromatic N) is 1. The number of hydrogen-bond acceptors (Lipinski definition) is 4. The van der Waals surface area contributed by atoms with E-state index in [1.807, 2.05) is 0 Å². The summed E-state index contributed by atoms with van der Waals surface area (Å²) in [6, 6.07) is 11.0. The minimum Gasteiger partial charge on any atom is -0.351 e. The first-order chi connectivity index (χ1) is 9.99. The van der Waals surface area contributed by atoms with Crippen molar-refractivity contribution in [2.45, 2.75) is 5.03 Å². The number of halogens is 1. The molecule has 0 bridgehead atoms. The van der Waals surface area contributed by atoms with Crippen molar-refractivity contribution in [1.29, 1.82) is 0 Å². The van der Waals surface area contributed by atoms with Crippen LogP contribution in [0.5, 0.6) is 0 Å². The molecular formula is C14H13ClN2O3S. The van der Waals surface area contributed by atoms with Crippen molar-refractivity contribution in [3.05, 3.63) is 59.2 Å². The topological polar surface area (TPSA) is 76.1 Å². The molecule has 0 atom stereocenters. The van der Waals surface area contributed by atoms with Gasteiger partial charge in [0.15, 0.2) is 14.9 Å². The van der Waals surface area contributed by atoms with Gasteiger partial charge in [-0.25, -0.2) is 13.4 Å². The van der Waals surface area contributed by atoms with Crippen LogP contribution in [0, 0.1) is 0 Å². The highest BCUT2D eigenvalue weighted by Gasteiger charge is 2.15. The third kappa shape index (κ3) is 4.27. The number of benzene rings is 1. The Kier molecular flexibility index (Phi) is 4.93. The Balaban J connectivity index is 1.92. The first-order valence-electron chi connectivity index (χ1n) is 6.16. The Bertz CT molecular complexity index is 716. The number of sulfone groups is 1. The van der Waals surface area contributed by atoms with E-state index in [4.69, 9.17) is 11.6 Å². The number of pyridine rings is 1. The fourth-order valence-electron chi connectivity index (χ4n) is 1.64. The lowest BCUT2D eigenvalue weighted by Crippen LogP contribution is -2.29. The van der Waals surface area contributed by atoms with Gasteiger partial charge in [-0.05, 0) is 36.4 Å². The minimum absolute atomic E-state index is 0.00532.